The van der Waals surface area contributed by atoms with Crippen molar-refractivity contribution in [2.75, 3.05) is 13.7 Å². The molecule has 120 valence electrons. The van der Waals surface area contributed by atoms with E-state index in [9.17, 15) is 13.2 Å². The van der Waals surface area contributed by atoms with E-state index in [1.807, 2.05) is 14.0 Å². The van der Waals surface area contributed by atoms with Crippen LogP contribution in [0.15, 0.2) is 24.3 Å². The van der Waals surface area contributed by atoms with Crippen molar-refractivity contribution in [3.63, 3.8) is 0 Å². The SMILES string of the molecule is CCOC(C(C)C)C(Cc1cccc(C(F)(F)F)c1)NC. The van der Waals surface area contributed by atoms with Gasteiger partial charge in [0.2, 0.25) is 0 Å². The summed E-state index contributed by atoms with van der Waals surface area (Å²) in [5.74, 6) is 0.285. The van der Waals surface area contributed by atoms with Crippen LogP contribution in [0.5, 0.6) is 0 Å². The van der Waals surface area contributed by atoms with Gasteiger partial charge in [-0.25, -0.2) is 0 Å². The molecule has 2 nitrogen and oxygen atoms in total. The van der Waals surface area contributed by atoms with Crippen LogP contribution < -0.4 is 5.32 Å². The highest BCUT2D eigenvalue weighted by Gasteiger charge is 2.31. The Hall–Kier alpha value is -1.07. The van der Waals surface area contributed by atoms with E-state index in [2.05, 4.69) is 19.2 Å². The fourth-order valence-electron chi connectivity index (χ4n) is 2.48. The normalized spacial score (nSPS) is 15.2. The average Bonchev–Trinajstić information content (AvgIpc) is 2.41. The van der Waals surface area contributed by atoms with Crippen molar-refractivity contribution < 1.29 is 17.9 Å². The van der Waals surface area contributed by atoms with E-state index in [0.717, 1.165) is 6.07 Å². The minimum atomic E-state index is -4.30. The van der Waals surface area contributed by atoms with Crippen LogP contribution in [0.1, 0.15) is 31.9 Å². The predicted octanol–water partition coefficient (Wildman–Crippen LogP) is 3.90. The first-order valence-corrected chi connectivity index (χ1v) is 7.24. The Kier molecular flexibility index (Phi) is 6.68. The molecule has 0 fully saturated rings. The van der Waals surface area contributed by atoms with Gasteiger partial charge in [0, 0.05) is 12.6 Å². The number of likely N-dealkylation sites (N-methyl/N-ethyl adjacent to an activating group) is 1. The van der Waals surface area contributed by atoms with Crippen LogP contribution in [0.2, 0.25) is 0 Å². The van der Waals surface area contributed by atoms with Crippen LogP contribution in [0.25, 0.3) is 0 Å². The molecule has 21 heavy (non-hydrogen) atoms. The molecule has 2 atom stereocenters. The molecular formula is C16H24F3NO. The third kappa shape index (κ3) is 5.32. The minimum absolute atomic E-state index is 0.0200. The number of halogens is 3. The number of hydrogen-bond donors (Lipinski definition) is 1. The van der Waals surface area contributed by atoms with Crippen molar-refractivity contribution in [1.29, 1.82) is 0 Å². The van der Waals surface area contributed by atoms with E-state index in [-0.39, 0.29) is 18.1 Å². The smallest absolute Gasteiger partial charge is 0.377 e. The third-order valence-electron chi connectivity index (χ3n) is 3.49. The molecule has 0 aliphatic rings. The van der Waals surface area contributed by atoms with Crippen LogP contribution in [0.3, 0.4) is 0 Å². The molecular weight excluding hydrogens is 279 g/mol. The molecule has 0 saturated heterocycles. The van der Waals surface area contributed by atoms with Crippen LogP contribution >= 0.6 is 0 Å². The van der Waals surface area contributed by atoms with Gasteiger partial charge in [-0.1, -0.05) is 32.0 Å². The highest BCUT2D eigenvalue weighted by Crippen LogP contribution is 2.30. The van der Waals surface area contributed by atoms with Crippen molar-refractivity contribution >= 4 is 0 Å². The molecule has 1 aromatic rings. The second-order valence-electron chi connectivity index (χ2n) is 5.46. The van der Waals surface area contributed by atoms with Gasteiger partial charge in [-0.05, 0) is 37.9 Å². The highest BCUT2D eigenvalue weighted by atomic mass is 19.4. The summed E-state index contributed by atoms with van der Waals surface area (Å²) >= 11 is 0. The van der Waals surface area contributed by atoms with Gasteiger partial charge in [0.1, 0.15) is 0 Å². The molecule has 1 rings (SSSR count). The minimum Gasteiger partial charge on any atom is -0.377 e. The summed E-state index contributed by atoms with van der Waals surface area (Å²) in [6, 6.07) is 5.47. The van der Waals surface area contributed by atoms with Gasteiger partial charge in [-0.15, -0.1) is 0 Å². The topological polar surface area (TPSA) is 21.3 Å². The zero-order chi connectivity index (χ0) is 16.0. The zero-order valence-corrected chi connectivity index (χ0v) is 13.0. The molecule has 1 aromatic carbocycles. The predicted molar refractivity (Wildman–Crippen MR) is 78.2 cm³/mol. The Bertz CT molecular complexity index is 432. The van der Waals surface area contributed by atoms with Gasteiger partial charge in [0.15, 0.2) is 0 Å². The van der Waals surface area contributed by atoms with Crippen molar-refractivity contribution in [2.45, 2.75) is 45.5 Å². The Balaban J connectivity index is 2.90. The third-order valence-corrected chi connectivity index (χ3v) is 3.49. The second kappa shape index (κ2) is 7.80. The van der Waals surface area contributed by atoms with Gasteiger partial charge >= 0.3 is 6.18 Å². The number of hydrogen-bond acceptors (Lipinski definition) is 2. The fraction of sp³-hybridized carbons (Fsp3) is 0.625. The summed E-state index contributed by atoms with van der Waals surface area (Å²) in [7, 11) is 1.81. The molecule has 0 radical (unpaired) electrons. The molecule has 0 heterocycles. The summed E-state index contributed by atoms with van der Waals surface area (Å²) in [5, 5.41) is 3.17. The molecule has 2 unspecified atom stereocenters. The Labute approximate surface area is 124 Å². The number of benzene rings is 1. The second-order valence-corrected chi connectivity index (χ2v) is 5.46. The maximum Gasteiger partial charge on any atom is 0.416 e. The molecule has 0 spiro atoms. The van der Waals surface area contributed by atoms with Gasteiger partial charge in [0.25, 0.3) is 0 Å². The number of rotatable bonds is 7. The van der Waals surface area contributed by atoms with E-state index < -0.39 is 11.7 Å². The lowest BCUT2D eigenvalue weighted by Crippen LogP contribution is -2.44. The summed E-state index contributed by atoms with van der Waals surface area (Å²) in [5.41, 5.74) is 0.0573. The summed E-state index contributed by atoms with van der Waals surface area (Å²) in [4.78, 5) is 0. The van der Waals surface area contributed by atoms with Gasteiger partial charge in [-0.3, -0.25) is 0 Å². The zero-order valence-electron chi connectivity index (χ0n) is 13.0. The standard InChI is InChI=1S/C16H24F3NO/c1-5-21-15(11(2)3)14(20-4)10-12-7-6-8-13(9-12)16(17,18)19/h6-9,11,14-15,20H,5,10H2,1-4H3. The summed E-state index contributed by atoms with van der Waals surface area (Å²) in [6.07, 6.45) is -3.83. The maximum absolute atomic E-state index is 12.8. The summed E-state index contributed by atoms with van der Waals surface area (Å²) < 4.78 is 44.0. The number of ether oxygens (including phenoxy) is 1. The van der Waals surface area contributed by atoms with Crippen LogP contribution in [0.4, 0.5) is 13.2 Å². The maximum atomic E-state index is 12.8. The number of nitrogens with one attached hydrogen (secondary N) is 1. The van der Waals surface area contributed by atoms with Crippen molar-refractivity contribution in [1.82, 2.24) is 5.32 Å². The van der Waals surface area contributed by atoms with E-state index in [4.69, 9.17) is 4.74 Å². The molecule has 0 saturated carbocycles. The number of alkyl halides is 3. The van der Waals surface area contributed by atoms with E-state index in [1.165, 1.54) is 12.1 Å². The quantitative estimate of drug-likeness (QED) is 0.825. The Morgan fingerprint density at radius 1 is 1.24 bits per heavy atom. The molecule has 0 aliphatic heterocycles. The van der Waals surface area contributed by atoms with E-state index in [1.54, 1.807) is 6.07 Å². The lowest BCUT2D eigenvalue weighted by Gasteiger charge is -2.30. The molecule has 1 N–H and O–H groups in total. The van der Waals surface area contributed by atoms with Crippen molar-refractivity contribution in [3.05, 3.63) is 35.4 Å². The van der Waals surface area contributed by atoms with Gasteiger partial charge in [-0.2, -0.15) is 13.2 Å². The monoisotopic (exact) mass is 303 g/mol. The lowest BCUT2D eigenvalue weighted by atomic mass is 9.93. The summed E-state index contributed by atoms with van der Waals surface area (Å²) in [6.45, 7) is 6.61. The highest BCUT2D eigenvalue weighted by molar-refractivity contribution is 5.26. The average molecular weight is 303 g/mol. The van der Waals surface area contributed by atoms with Gasteiger partial charge < -0.3 is 10.1 Å². The molecule has 0 aliphatic carbocycles. The van der Waals surface area contributed by atoms with E-state index in [0.29, 0.717) is 18.6 Å². The fourth-order valence-corrected chi connectivity index (χ4v) is 2.48. The molecule has 0 bridgehead atoms. The van der Waals surface area contributed by atoms with Crippen molar-refractivity contribution in [2.24, 2.45) is 5.92 Å². The molecule has 0 amide bonds. The van der Waals surface area contributed by atoms with Crippen molar-refractivity contribution in [3.8, 4) is 0 Å². The molecule has 0 aromatic heterocycles. The van der Waals surface area contributed by atoms with Crippen LogP contribution in [-0.4, -0.2) is 25.8 Å². The largest absolute Gasteiger partial charge is 0.416 e. The molecule has 5 heteroatoms. The van der Waals surface area contributed by atoms with Crippen LogP contribution in [-0.2, 0) is 17.3 Å². The van der Waals surface area contributed by atoms with E-state index >= 15 is 0 Å². The first-order valence-electron chi connectivity index (χ1n) is 7.24. The van der Waals surface area contributed by atoms with Crippen LogP contribution in [0, 0.1) is 5.92 Å². The Morgan fingerprint density at radius 3 is 2.38 bits per heavy atom. The Morgan fingerprint density at radius 2 is 1.90 bits per heavy atom. The first-order chi connectivity index (χ1) is 9.79. The lowest BCUT2D eigenvalue weighted by molar-refractivity contribution is -0.137. The van der Waals surface area contributed by atoms with Gasteiger partial charge in [0.05, 0.1) is 11.7 Å². The first kappa shape index (κ1) is 18.0.